The lowest BCUT2D eigenvalue weighted by atomic mass is 10.1. The molecule has 0 unspecified atom stereocenters. The summed E-state index contributed by atoms with van der Waals surface area (Å²) < 4.78 is 0. The molecular weight excluding hydrogens is 378 g/mol. The van der Waals surface area contributed by atoms with Crippen LogP contribution >= 0.6 is 11.6 Å². The molecule has 2 nitrogen and oxygen atoms in total. The molecule has 150 valence electrons. The second-order valence-corrected chi connectivity index (χ2v) is 7.78. The fourth-order valence-corrected chi connectivity index (χ4v) is 3.45. The molecule has 0 amide bonds. The van der Waals surface area contributed by atoms with Gasteiger partial charge in [-0.15, -0.1) is 0 Å². The van der Waals surface area contributed by atoms with Gasteiger partial charge in [0.1, 0.15) is 0 Å². The van der Waals surface area contributed by atoms with Gasteiger partial charge in [0.25, 0.3) is 0 Å². The van der Waals surface area contributed by atoms with E-state index in [0.717, 1.165) is 18.7 Å². The summed E-state index contributed by atoms with van der Waals surface area (Å²) in [5.74, 6) is 0. The average molecular weight is 406 g/mol. The van der Waals surface area contributed by atoms with Gasteiger partial charge in [-0.25, -0.2) is 0 Å². The molecule has 29 heavy (non-hydrogen) atoms. The molecule has 0 bridgehead atoms. The Morgan fingerprint density at radius 2 is 1.34 bits per heavy atom. The van der Waals surface area contributed by atoms with Gasteiger partial charge in [-0.05, 0) is 42.2 Å². The maximum atomic E-state index is 10.4. The van der Waals surface area contributed by atoms with E-state index in [9.17, 15) is 5.11 Å². The molecule has 0 aromatic heterocycles. The largest absolute Gasteiger partial charge is 0.388 e. The third-order valence-electron chi connectivity index (χ3n) is 5.06. The van der Waals surface area contributed by atoms with Gasteiger partial charge in [0.2, 0.25) is 0 Å². The van der Waals surface area contributed by atoms with Crippen LogP contribution in [0.1, 0.15) is 36.1 Å². The first-order valence-corrected chi connectivity index (χ1v) is 10.4. The van der Waals surface area contributed by atoms with E-state index >= 15 is 0 Å². The lowest BCUT2D eigenvalue weighted by molar-refractivity contribution is 0.180. The third-order valence-corrected chi connectivity index (χ3v) is 5.31. The maximum absolute atomic E-state index is 10.4. The van der Waals surface area contributed by atoms with Crippen LogP contribution in [0.2, 0.25) is 5.02 Å². The second-order valence-electron chi connectivity index (χ2n) is 7.35. The number of benzene rings is 3. The van der Waals surface area contributed by atoms with Crippen molar-refractivity contribution in [3.63, 3.8) is 0 Å². The summed E-state index contributed by atoms with van der Waals surface area (Å²) in [7, 11) is 0. The summed E-state index contributed by atoms with van der Waals surface area (Å²) in [4.78, 5) is 2.44. The highest BCUT2D eigenvalue weighted by molar-refractivity contribution is 6.30. The van der Waals surface area contributed by atoms with Crippen LogP contribution in [-0.4, -0.2) is 16.0 Å². The molecule has 3 heteroatoms. The summed E-state index contributed by atoms with van der Waals surface area (Å²) >= 11 is 5.93. The molecule has 0 spiro atoms. The minimum Gasteiger partial charge on any atom is -0.388 e. The standard InChI is InChI=1S/C26H28ClNO/c1-21(9-8-14-26(29)24-15-17-25(27)18-16-24)28(19-22-10-4-2-5-11-22)20-23-12-6-3-7-13-23/h2-13,15-18,21,26,29H,14,19-20H2,1H3/b9-8-/t21-,26+/m0/s1. The lowest BCUT2D eigenvalue weighted by Gasteiger charge is -2.27. The fraction of sp³-hybridized carbons (Fsp3) is 0.231. The molecule has 0 heterocycles. The summed E-state index contributed by atoms with van der Waals surface area (Å²) in [5, 5.41) is 11.1. The van der Waals surface area contributed by atoms with Crippen molar-refractivity contribution in [1.29, 1.82) is 0 Å². The molecule has 0 saturated heterocycles. The van der Waals surface area contributed by atoms with Crippen molar-refractivity contribution < 1.29 is 5.11 Å². The molecule has 0 aliphatic carbocycles. The van der Waals surface area contributed by atoms with E-state index in [4.69, 9.17) is 11.6 Å². The van der Waals surface area contributed by atoms with Gasteiger partial charge < -0.3 is 5.11 Å². The molecule has 0 radical (unpaired) electrons. The van der Waals surface area contributed by atoms with Crippen molar-refractivity contribution in [3.8, 4) is 0 Å². The van der Waals surface area contributed by atoms with Crippen molar-refractivity contribution in [2.45, 2.75) is 38.6 Å². The van der Waals surface area contributed by atoms with Crippen LogP contribution in [0, 0.1) is 0 Å². The number of hydrogen-bond donors (Lipinski definition) is 1. The smallest absolute Gasteiger partial charge is 0.0824 e. The van der Waals surface area contributed by atoms with Crippen LogP contribution in [-0.2, 0) is 13.1 Å². The number of aliphatic hydroxyl groups is 1. The number of aliphatic hydroxyl groups excluding tert-OH is 1. The van der Waals surface area contributed by atoms with Gasteiger partial charge in [-0.1, -0.05) is 96.5 Å². The van der Waals surface area contributed by atoms with Gasteiger partial charge in [-0.2, -0.15) is 0 Å². The lowest BCUT2D eigenvalue weighted by Crippen LogP contribution is -2.30. The van der Waals surface area contributed by atoms with E-state index in [-0.39, 0.29) is 6.04 Å². The van der Waals surface area contributed by atoms with Crippen LogP contribution < -0.4 is 0 Å². The Hall–Kier alpha value is -2.39. The van der Waals surface area contributed by atoms with E-state index in [1.165, 1.54) is 11.1 Å². The van der Waals surface area contributed by atoms with E-state index in [0.29, 0.717) is 11.4 Å². The molecule has 0 aliphatic heterocycles. The SMILES string of the molecule is C[C@@H](/C=C\C[C@@H](O)c1ccc(Cl)cc1)N(Cc1ccccc1)Cc1ccccc1. The van der Waals surface area contributed by atoms with E-state index in [1.807, 2.05) is 36.4 Å². The van der Waals surface area contributed by atoms with Gasteiger partial charge in [0, 0.05) is 24.2 Å². The molecule has 0 aliphatic rings. The Labute approximate surface area is 179 Å². The van der Waals surface area contributed by atoms with Crippen LogP contribution in [0.4, 0.5) is 0 Å². The van der Waals surface area contributed by atoms with Crippen LogP contribution in [0.3, 0.4) is 0 Å². The van der Waals surface area contributed by atoms with Gasteiger partial charge in [0.15, 0.2) is 0 Å². The zero-order chi connectivity index (χ0) is 20.5. The van der Waals surface area contributed by atoms with Gasteiger partial charge in [0.05, 0.1) is 6.10 Å². The Morgan fingerprint density at radius 1 is 0.828 bits per heavy atom. The van der Waals surface area contributed by atoms with Crippen molar-refractivity contribution in [3.05, 3.63) is 119 Å². The molecule has 3 aromatic rings. The molecule has 3 aromatic carbocycles. The minimum atomic E-state index is -0.521. The van der Waals surface area contributed by atoms with Gasteiger partial charge in [-0.3, -0.25) is 4.90 Å². The Morgan fingerprint density at radius 3 is 1.86 bits per heavy atom. The molecular formula is C26H28ClNO. The van der Waals surface area contributed by atoms with E-state index < -0.39 is 6.10 Å². The number of hydrogen-bond acceptors (Lipinski definition) is 2. The predicted octanol–water partition coefficient (Wildman–Crippen LogP) is 6.41. The summed E-state index contributed by atoms with van der Waals surface area (Å²) in [6.07, 6.45) is 4.32. The summed E-state index contributed by atoms with van der Waals surface area (Å²) in [6, 6.07) is 28.7. The van der Waals surface area contributed by atoms with E-state index in [1.54, 1.807) is 0 Å². The summed E-state index contributed by atoms with van der Waals surface area (Å²) in [6.45, 7) is 3.96. The first-order valence-electron chi connectivity index (χ1n) is 10.0. The molecule has 1 N–H and O–H groups in total. The van der Waals surface area contributed by atoms with Crippen molar-refractivity contribution in [2.75, 3.05) is 0 Å². The third kappa shape index (κ3) is 6.86. The van der Waals surface area contributed by atoms with Crippen molar-refractivity contribution >= 4 is 11.6 Å². The zero-order valence-electron chi connectivity index (χ0n) is 16.8. The highest BCUT2D eigenvalue weighted by Crippen LogP contribution is 2.20. The fourth-order valence-electron chi connectivity index (χ4n) is 3.33. The van der Waals surface area contributed by atoms with Crippen LogP contribution in [0.5, 0.6) is 0 Å². The number of nitrogens with zero attached hydrogens (tertiary/aromatic N) is 1. The normalized spacial score (nSPS) is 13.7. The Kier molecular flexibility index (Phi) is 8.06. The Bertz CT molecular complexity index is 836. The highest BCUT2D eigenvalue weighted by Gasteiger charge is 2.13. The zero-order valence-corrected chi connectivity index (χ0v) is 17.5. The molecule has 0 fully saturated rings. The Balaban J connectivity index is 1.65. The van der Waals surface area contributed by atoms with Crippen molar-refractivity contribution in [1.82, 2.24) is 4.90 Å². The van der Waals surface area contributed by atoms with Crippen LogP contribution in [0.25, 0.3) is 0 Å². The molecule has 0 saturated carbocycles. The quantitative estimate of drug-likeness (QED) is 0.416. The van der Waals surface area contributed by atoms with Crippen molar-refractivity contribution in [2.24, 2.45) is 0 Å². The monoisotopic (exact) mass is 405 g/mol. The van der Waals surface area contributed by atoms with Gasteiger partial charge >= 0.3 is 0 Å². The first kappa shape index (κ1) is 21.3. The minimum absolute atomic E-state index is 0.243. The van der Waals surface area contributed by atoms with Crippen LogP contribution in [0.15, 0.2) is 97.1 Å². The number of halogens is 1. The summed E-state index contributed by atoms with van der Waals surface area (Å²) in [5.41, 5.74) is 3.48. The predicted molar refractivity (Wildman–Crippen MR) is 122 cm³/mol. The second kappa shape index (κ2) is 11.0. The first-order chi connectivity index (χ1) is 14.1. The van der Waals surface area contributed by atoms with E-state index in [2.05, 4.69) is 72.5 Å². The molecule has 3 rings (SSSR count). The molecule has 2 atom stereocenters. The average Bonchev–Trinajstić information content (AvgIpc) is 2.75. The maximum Gasteiger partial charge on any atom is 0.0824 e. The highest BCUT2D eigenvalue weighted by atomic mass is 35.5. The topological polar surface area (TPSA) is 23.5 Å². The number of rotatable bonds is 9.